The second-order valence-corrected chi connectivity index (χ2v) is 5.46. The van der Waals surface area contributed by atoms with Crippen LogP contribution in [0.3, 0.4) is 0 Å². The second kappa shape index (κ2) is 8.06. The third-order valence-electron chi connectivity index (χ3n) is 3.80. The van der Waals surface area contributed by atoms with Gasteiger partial charge in [0.1, 0.15) is 0 Å². The average Bonchev–Trinajstić information content (AvgIpc) is 2.68. The van der Waals surface area contributed by atoms with Crippen LogP contribution in [0.15, 0.2) is 54.7 Å². The van der Waals surface area contributed by atoms with Crippen molar-refractivity contribution in [3.63, 3.8) is 0 Å². The second-order valence-electron chi connectivity index (χ2n) is 5.46. The van der Waals surface area contributed by atoms with Crippen LogP contribution in [-0.2, 0) is 11.2 Å². The molecule has 2 aromatic carbocycles. The highest BCUT2D eigenvalue weighted by Crippen LogP contribution is 2.22. The van der Waals surface area contributed by atoms with E-state index < -0.39 is 5.97 Å². The summed E-state index contributed by atoms with van der Waals surface area (Å²) in [5, 5.41) is 14.2. The van der Waals surface area contributed by atoms with Crippen molar-refractivity contribution in [1.82, 2.24) is 15.2 Å². The first-order valence-electron chi connectivity index (χ1n) is 8.20. The molecule has 0 saturated carbocycles. The predicted octanol–water partition coefficient (Wildman–Crippen LogP) is 3.71. The zero-order valence-electron chi connectivity index (χ0n) is 14.6. The predicted molar refractivity (Wildman–Crippen MR) is 100.0 cm³/mol. The van der Waals surface area contributed by atoms with Gasteiger partial charge in [0.25, 0.3) is 0 Å². The van der Waals surface area contributed by atoms with E-state index in [-0.39, 0.29) is 5.95 Å². The van der Waals surface area contributed by atoms with Gasteiger partial charge in [-0.05, 0) is 30.2 Å². The maximum atomic E-state index is 11.9. The standard InChI is InChI=1S/C19H19N5O2/c1-3-13-8-4-6-10-15(13)21-17-12-20-24-19(23-17)22-16-11-7-5-9-14(16)18(25)26-2/h4-12H,3H2,1-2H3,(H2,21,22,23,24). The lowest BCUT2D eigenvalue weighted by molar-refractivity contribution is 0.0602. The van der Waals surface area contributed by atoms with Crippen LogP contribution in [-0.4, -0.2) is 28.3 Å². The number of anilines is 4. The van der Waals surface area contributed by atoms with Crippen molar-refractivity contribution in [3.05, 3.63) is 65.9 Å². The molecule has 0 amide bonds. The van der Waals surface area contributed by atoms with Crippen LogP contribution in [0.4, 0.5) is 23.1 Å². The Morgan fingerprint density at radius 2 is 1.77 bits per heavy atom. The van der Waals surface area contributed by atoms with Crippen LogP contribution in [0.5, 0.6) is 0 Å². The minimum atomic E-state index is -0.438. The highest BCUT2D eigenvalue weighted by atomic mass is 16.5. The van der Waals surface area contributed by atoms with Gasteiger partial charge in [0.15, 0.2) is 5.82 Å². The monoisotopic (exact) mass is 349 g/mol. The van der Waals surface area contributed by atoms with E-state index in [1.165, 1.54) is 12.7 Å². The molecule has 26 heavy (non-hydrogen) atoms. The number of aromatic nitrogens is 3. The van der Waals surface area contributed by atoms with Gasteiger partial charge in [-0.15, -0.1) is 5.10 Å². The highest BCUT2D eigenvalue weighted by Gasteiger charge is 2.12. The third-order valence-corrected chi connectivity index (χ3v) is 3.80. The van der Waals surface area contributed by atoms with Crippen molar-refractivity contribution in [1.29, 1.82) is 0 Å². The Morgan fingerprint density at radius 3 is 2.54 bits per heavy atom. The van der Waals surface area contributed by atoms with Gasteiger partial charge in [0.05, 0.1) is 24.6 Å². The van der Waals surface area contributed by atoms with Gasteiger partial charge in [0, 0.05) is 5.69 Å². The maximum Gasteiger partial charge on any atom is 0.339 e. The smallest absolute Gasteiger partial charge is 0.339 e. The Labute approximate surface area is 151 Å². The van der Waals surface area contributed by atoms with Gasteiger partial charge < -0.3 is 15.4 Å². The molecule has 0 aliphatic rings. The molecule has 3 rings (SSSR count). The number of hydrogen-bond acceptors (Lipinski definition) is 7. The fourth-order valence-corrected chi connectivity index (χ4v) is 2.51. The molecule has 7 nitrogen and oxygen atoms in total. The minimum absolute atomic E-state index is 0.278. The Hall–Kier alpha value is -3.48. The molecule has 2 N–H and O–H groups in total. The lowest BCUT2D eigenvalue weighted by atomic mass is 10.1. The quantitative estimate of drug-likeness (QED) is 0.656. The SMILES string of the molecule is CCc1ccccc1Nc1cnnc(Nc2ccccc2C(=O)OC)n1. The van der Waals surface area contributed by atoms with Crippen molar-refractivity contribution in [2.75, 3.05) is 17.7 Å². The van der Waals surface area contributed by atoms with Crippen LogP contribution in [0.1, 0.15) is 22.8 Å². The molecule has 0 saturated heterocycles. The fraction of sp³-hybridized carbons (Fsp3) is 0.158. The lowest BCUT2D eigenvalue weighted by Crippen LogP contribution is -2.08. The summed E-state index contributed by atoms with van der Waals surface area (Å²) in [4.78, 5) is 16.3. The molecule has 0 spiro atoms. The molecular formula is C19H19N5O2. The molecule has 0 aliphatic carbocycles. The molecule has 0 atom stereocenters. The van der Waals surface area contributed by atoms with E-state index in [0.717, 1.165) is 12.1 Å². The zero-order chi connectivity index (χ0) is 18.4. The number of nitrogens with zero attached hydrogens (tertiary/aromatic N) is 3. The van der Waals surface area contributed by atoms with Crippen molar-refractivity contribution in [2.24, 2.45) is 0 Å². The van der Waals surface area contributed by atoms with Crippen LogP contribution in [0.25, 0.3) is 0 Å². The number of benzene rings is 2. The molecule has 0 bridgehead atoms. The van der Waals surface area contributed by atoms with Crippen molar-refractivity contribution < 1.29 is 9.53 Å². The van der Waals surface area contributed by atoms with Gasteiger partial charge >= 0.3 is 5.97 Å². The number of rotatable bonds is 6. The van der Waals surface area contributed by atoms with Gasteiger partial charge in [-0.3, -0.25) is 0 Å². The number of carbonyl (C=O) groups is 1. The fourth-order valence-electron chi connectivity index (χ4n) is 2.51. The molecule has 132 valence electrons. The Morgan fingerprint density at radius 1 is 1.04 bits per heavy atom. The van der Waals surface area contributed by atoms with Crippen LogP contribution in [0.2, 0.25) is 0 Å². The van der Waals surface area contributed by atoms with E-state index in [2.05, 4.69) is 38.8 Å². The Kier molecular flexibility index (Phi) is 5.38. The lowest BCUT2D eigenvalue weighted by Gasteiger charge is -2.12. The first-order valence-corrected chi connectivity index (χ1v) is 8.20. The molecular weight excluding hydrogens is 330 g/mol. The first kappa shape index (κ1) is 17.3. The van der Waals surface area contributed by atoms with Crippen LogP contribution >= 0.6 is 0 Å². The number of aryl methyl sites for hydroxylation is 1. The Bertz CT molecular complexity index is 914. The third kappa shape index (κ3) is 3.94. The molecule has 7 heteroatoms. The molecule has 1 heterocycles. The summed E-state index contributed by atoms with van der Waals surface area (Å²) in [6, 6.07) is 15.0. The largest absolute Gasteiger partial charge is 0.465 e. The number of para-hydroxylation sites is 2. The van der Waals surface area contributed by atoms with E-state index in [1.807, 2.05) is 24.3 Å². The number of ether oxygens (including phenoxy) is 1. The molecule has 0 fully saturated rings. The van der Waals surface area contributed by atoms with Crippen LogP contribution in [0, 0.1) is 0 Å². The van der Waals surface area contributed by atoms with Gasteiger partial charge in [-0.1, -0.05) is 37.3 Å². The molecule has 0 aliphatic heterocycles. The molecule has 0 unspecified atom stereocenters. The topological polar surface area (TPSA) is 89.0 Å². The van der Waals surface area contributed by atoms with E-state index in [4.69, 9.17) is 4.74 Å². The molecule has 0 radical (unpaired) electrons. The van der Waals surface area contributed by atoms with E-state index in [9.17, 15) is 4.79 Å². The van der Waals surface area contributed by atoms with E-state index in [1.54, 1.807) is 24.4 Å². The first-order chi connectivity index (χ1) is 12.7. The van der Waals surface area contributed by atoms with E-state index >= 15 is 0 Å². The summed E-state index contributed by atoms with van der Waals surface area (Å²) in [7, 11) is 1.34. The van der Waals surface area contributed by atoms with Crippen molar-refractivity contribution >= 4 is 29.1 Å². The highest BCUT2D eigenvalue weighted by molar-refractivity contribution is 5.96. The minimum Gasteiger partial charge on any atom is -0.465 e. The van der Waals surface area contributed by atoms with Crippen molar-refractivity contribution in [2.45, 2.75) is 13.3 Å². The van der Waals surface area contributed by atoms with Gasteiger partial charge in [-0.2, -0.15) is 10.1 Å². The zero-order valence-corrected chi connectivity index (χ0v) is 14.6. The number of carbonyl (C=O) groups excluding carboxylic acids is 1. The number of esters is 1. The summed E-state index contributed by atoms with van der Waals surface area (Å²) < 4.78 is 4.80. The molecule has 1 aromatic heterocycles. The summed E-state index contributed by atoms with van der Waals surface area (Å²) in [6.07, 6.45) is 2.45. The van der Waals surface area contributed by atoms with E-state index in [0.29, 0.717) is 17.1 Å². The maximum absolute atomic E-state index is 11.9. The summed E-state index contributed by atoms with van der Waals surface area (Å²) in [5.74, 6) is 0.395. The van der Waals surface area contributed by atoms with Crippen LogP contribution < -0.4 is 10.6 Å². The van der Waals surface area contributed by atoms with Gasteiger partial charge in [-0.25, -0.2) is 4.79 Å². The normalized spacial score (nSPS) is 10.2. The summed E-state index contributed by atoms with van der Waals surface area (Å²) in [6.45, 7) is 2.09. The molecule has 3 aromatic rings. The average molecular weight is 349 g/mol. The number of hydrogen-bond donors (Lipinski definition) is 2. The summed E-state index contributed by atoms with van der Waals surface area (Å²) in [5.41, 5.74) is 3.09. The van der Waals surface area contributed by atoms with Gasteiger partial charge in [0.2, 0.25) is 5.95 Å². The number of nitrogens with one attached hydrogen (secondary N) is 2. The summed E-state index contributed by atoms with van der Waals surface area (Å²) >= 11 is 0. The van der Waals surface area contributed by atoms with Crippen molar-refractivity contribution in [3.8, 4) is 0 Å². The number of methoxy groups -OCH3 is 1. The Balaban J connectivity index is 1.84.